The van der Waals surface area contributed by atoms with Crippen LogP contribution in [0.3, 0.4) is 0 Å². The van der Waals surface area contributed by atoms with Crippen LogP contribution in [-0.2, 0) is 17.5 Å². The number of likely N-dealkylation sites (tertiary alicyclic amines) is 1. The van der Waals surface area contributed by atoms with Gasteiger partial charge in [-0.1, -0.05) is 0 Å². The van der Waals surface area contributed by atoms with E-state index < -0.39 is 29.9 Å². The zero-order chi connectivity index (χ0) is 15.6. The van der Waals surface area contributed by atoms with Gasteiger partial charge >= 0.3 is 6.18 Å². The van der Waals surface area contributed by atoms with Gasteiger partial charge in [0, 0.05) is 13.1 Å². The minimum atomic E-state index is -4.62. The molecule has 0 saturated carbocycles. The van der Waals surface area contributed by atoms with Crippen molar-refractivity contribution < 1.29 is 23.1 Å². The molecule has 1 aliphatic rings. The summed E-state index contributed by atoms with van der Waals surface area (Å²) in [4.78, 5) is 17.1. The van der Waals surface area contributed by atoms with E-state index in [9.17, 15) is 23.1 Å². The van der Waals surface area contributed by atoms with Crippen molar-refractivity contribution in [3.05, 3.63) is 11.6 Å². The van der Waals surface area contributed by atoms with E-state index in [0.29, 0.717) is 19.5 Å². The molecule has 3 N–H and O–H groups in total. The first-order valence-corrected chi connectivity index (χ1v) is 6.40. The molecule has 0 spiro atoms. The van der Waals surface area contributed by atoms with Gasteiger partial charge in [-0.05, 0) is 13.5 Å². The van der Waals surface area contributed by atoms with Crippen molar-refractivity contribution >= 4 is 5.91 Å². The third-order valence-electron chi connectivity index (χ3n) is 3.33. The van der Waals surface area contributed by atoms with Crippen LogP contribution in [0.2, 0.25) is 0 Å². The maximum absolute atomic E-state index is 12.3. The summed E-state index contributed by atoms with van der Waals surface area (Å²) in [5, 5.41) is 17.4. The number of aromatic nitrogens is 3. The molecular formula is C11H16F3N5O2. The second kappa shape index (κ2) is 5.98. The number of carbonyl (C=O) groups is 1. The Bertz CT molecular complexity index is 504. The lowest BCUT2D eigenvalue weighted by Crippen LogP contribution is -2.48. The number of hydrogen-bond donors (Lipinski definition) is 3. The number of H-pyrrole nitrogens is 1. The Morgan fingerprint density at radius 1 is 1.57 bits per heavy atom. The largest absolute Gasteiger partial charge is 0.453 e. The van der Waals surface area contributed by atoms with Crippen molar-refractivity contribution in [3.8, 4) is 0 Å². The van der Waals surface area contributed by atoms with Gasteiger partial charge in [-0.15, -0.1) is 5.10 Å². The number of nitrogens with one attached hydrogen (secondary N) is 2. The number of piperidine rings is 1. The van der Waals surface area contributed by atoms with E-state index in [1.165, 1.54) is 0 Å². The van der Waals surface area contributed by atoms with Crippen LogP contribution in [0.5, 0.6) is 0 Å². The predicted octanol–water partition coefficient (Wildman–Crippen LogP) is -0.248. The Morgan fingerprint density at radius 2 is 2.29 bits per heavy atom. The highest BCUT2D eigenvalue weighted by Crippen LogP contribution is 2.25. The number of nitrogens with zero attached hydrogens (tertiary/aromatic N) is 3. The highest BCUT2D eigenvalue weighted by Gasteiger charge is 2.36. The number of rotatable bonds is 3. The number of amides is 1. The Morgan fingerprint density at radius 3 is 2.90 bits per heavy atom. The Hall–Kier alpha value is -1.68. The first-order chi connectivity index (χ1) is 9.77. The number of alkyl halides is 3. The van der Waals surface area contributed by atoms with E-state index in [0.717, 1.165) is 0 Å². The molecule has 0 aliphatic carbocycles. The van der Waals surface area contributed by atoms with E-state index in [1.54, 1.807) is 0 Å². The van der Waals surface area contributed by atoms with Gasteiger partial charge in [-0.2, -0.15) is 13.2 Å². The molecule has 7 nitrogen and oxygen atoms in total. The van der Waals surface area contributed by atoms with Crippen LogP contribution in [0.4, 0.5) is 13.2 Å². The first kappa shape index (κ1) is 15.7. The molecule has 1 aliphatic heterocycles. The molecule has 2 heterocycles. The van der Waals surface area contributed by atoms with E-state index in [4.69, 9.17) is 0 Å². The summed E-state index contributed by atoms with van der Waals surface area (Å²) in [5.41, 5.74) is 0. The molecule has 1 saturated heterocycles. The number of halogens is 3. The predicted molar refractivity (Wildman–Crippen MR) is 64.8 cm³/mol. The molecule has 21 heavy (non-hydrogen) atoms. The fourth-order valence-corrected chi connectivity index (χ4v) is 2.16. The summed E-state index contributed by atoms with van der Waals surface area (Å²) in [7, 11) is 1.83. The van der Waals surface area contributed by atoms with Crippen LogP contribution in [0, 0.1) is 5.92 Å². The monoisotopic (exact) mass is 307 g/mol. The van der Waals surface area contributed by atoms with Gasteiger partial charge in [0.2, 0.25) is 5.91 Å². The molecule has 0 aromatic carbocycles. The molecule has 10 heteroatoms. The van der Waals surface area contributed by atoms with Crippen molar-refractivity contribution in [1.29, 1.82) is 0 Å². The number of aromatic amines is 1. The summed E-state index contributed by atoms with van der Waals surface area (Å²) >= 11 is 0. The SMILES string of the molecule is CN1CC[C@H](O)[C@H](C(=O)NCc2nc(C(F)(F)F)n[nH]2)C1. The number of aliphatic hydroxyl groups is 1. The van der Waals surface area contributed by atoms with Crippen LogP contribution < -0.4 is 5.32 Å². The molecule has 118 valence electrons. The molecule has 0 radical (unpaired) electrons. The second-order valence-corrected chi connectivity index (χ2v) is 5.05. The van der Waals surface area contributed by atoms with Gasteiger partial charge in [0.25, 0.3) is 5.82 Å². The average molecular weight is 307 g/mol. The van der Waals surface area contributed by atoms with Gasteiger partial charge in [0.1, 0.15) is 5.82 Å². The van der Waals surface area contributed by atoms with Gasteiger partial charge in [0.15, 0.2) is 0 Å². The maximum atomic E-state index is 12.3. The van der Waals surface area contributed by atoms with Crippen LogP contribution in [0.25, 0.3) is 0 Å². The number of carbonyl (C=O) groups excluding carboxylic acids is 1. The summed E-state index contributed by atoms with van der Waals surface area (Å²) in [6.07, 6.45) is -4.89. The van der Waals surface area contributed by atoms with Crippen LogP contribution in [-0.4, -0.2) is 57.3 Å². The highest BCUT2D eigenvalue weighted by molar-refractivity contribution is 5.79. The van der Waals surface area contributed by atoms with Crippen LogP contribution in [0.1, 0.15) is 18.1 Å². The molecule has 2 atom stereocenters. The quantitative estimate of drug-likeness (QED) is 0.716. The standard InChI is InChI=1S/C11H16F3N5O2/c1-19-3-2-7(20)6(5-19)9(21)15-4-8-16-10(18-17-8)11(12,13)14/h6-7,20H,2-5H2,1H3,(H,15,21)(H,16,17,18)/t6-,7+/m1/s1. The van der Waals surface area contributed by atoms with E-state index in [2.05, 4.69) is 20.5 Å². The van der Waals surface area contributed by atoms with Crippen molar-refractivity contribution in [3.63, 3.8) is 0 Å². The highest BCUT2D eigenvalue weighted by atomic mass is 19.4. The number of aliphatic hydroxyl groups excluding tert-OH is 1. The van der Waals surface area contributed by atoms with Crippen molar-refractivity contribution in [2.45, 2.75) is 25.2 Å². The fraction of sp³-hybridized carbons (Fsp3) is 0.727. The zero-order valence-electron chi connectivity index (χ0n) is 11.3. The van der Waals surface area contributed by atoms with Crippen LogP contribution in [0.15, 0.2) is 0 Å². The van der Waals surface area contributed by atoms with E-state index in [1.807, 2.05) is 11.9 Å². The van der Waals surface area contributed by atoms with Gasteiger partial charge in [0.05, 0.1) is 18.6 Å². The lowest BCUT2D eigenvalue weighted by Gasteiger charge is -2.32. The Kier molecular flexibility index (Phi) is 4.47. The minimum absolute atomic E-state index is 0.0886. The second-order valence-electron chi connectivity index (χ2n) is 5.05. The summed E-state index contributed by atoms with van der Waals surface area (Å²) in [6, 6.07) is 0. The van der Waals surface area contributed by atoms with Gasteiger partial charge in [-0.25, -0.2) is 4.98 Å². The minimum Gasteiger partial charge on any atom is -0.392 e. The maximum Gasteiger partial charge on any atom is 0.453 e. The molecule has 1 amide bonds. The summed E-state index contributed by atoms with van der Waals surface area (Å²) in [5.74, 6) is -2.38. The average Bonchev–Trinajstić information content (AvgIpc) is 2.87. The third-order valence-corrected chi connectivity index (χ3v) is 3.33. The topological polar surface area (TPSA) is 94.1 Å². The number of hydrogen-bond acceptors (Lipinski definition) is 5. The smallest absolute Gasteiger partial charge is 0.392 e. The first-order valence-electron chi connectivity index (χ1n) is 6.40. The van der Waals surface area contributed by atoms with Gasteiger partial charge in [-0.3, -0.25) is 9.89 Å². The van der Waals surface area contributed by atoms with Crippen molar-refractivity contribution in [1.82, 2.24) is 25.4 Å². The molecule has 0 unspecified atom stereocenters. The Balaban J connectivity index is 1.90. The lowest BCUT2D eigenvalue weighted by atomic mass is 9.94. The summed E-state index contributed by atoms with van der Waals surface area (Å²) < 4.78 is 36.9. The lowest BCUT2D eigenvalue weighted by molar-refractivity contribution is -0.144. The summed E-state index contributed by atoms with van der Waals surface area (Å²) in [6.45, 7) is 0.897. The normalized spacial score (nSPS) is 24.0. The van der Waals surface area contributed by atoms with Gasteiger partial charge < -0.3 is 15.3 Å². The molecule has 1 aromatic heterocycles. The van der Waals surface area contributed by atoms with E-state index >= 15 is 0 Å². The molecule has 0 bridgehead atoms. The third kappa shape index (κ3) is 3.91. The molecule has 1 aromatic rings. The van der Waals surface area contributed by atoms with E-state index in [-0.39, 0.29) is 12.4 Å². The molecule has 2 rings (SSSR count). The zero-order valence-corrected chi connectivity index (χ0v) is 11.3. The van der Waals surface area contributed by atoms with Crippen molar-refractivity contribution in [2.75, 3.05) is 20.1 Å². The van der Waals surface area contributed by atoms with Crippen molar-refractivity contribution in [2.24, 2.45) is 5.92 Å². The molecule has 1 fully saturated rings. The Labute approximate surface area is 118 Å². The van der Waals surface area contributed by atoms with Crippen LogP contribution >= 0.6 is 0 Å². The molecular weight excluding hydrogens is 291 g/mol. The fourth-order valence-electron chi connectivity index (χ4n) is 2.16.